The van der Waals surface area contributed by atoms with E-state index in [9.17, 15) is 14.4 Å². The molecule has 0 fully saturated rings. The van der Waals surface area contributed by atoms with Crippen molar-refractivity contribution >= 4 is 34.8 Å². The largest absolute Gasteiger partial charge is 0.326 e. The quantitative estimate of drug-likeness (QED) is 0.818. The van der Waals surface area contributed by atoms with Crippen LogP contribution in [0, 0.1) is 13.8 Å². The molecule has 0 bridgehead atoms. The van der Waals surface area contributed by atoms with Crippen LogP contribution in [0.5, 0.6) is 0 Å². The van der Waals surface area contributed by atoms with Gasteiger partial charge >= 0.3 is 0 Å². The van der Waals surface area contributed by atoms with Crippen LogP contribution in [0.3, 0.4) is 0 Å². The van der Waals surface area contributed by atoms with Gasteiger partial charge in [-0.15, -0.1) is 0 Å². The third-order valence-corrected chi connectivity index (χ3v) is 4.10. The maximum Gasteiger partial charge on any atom is 0.226 e. The summed E-state index contributed by atoms with van der Waals surface area (Å²) in [7, 11) is 0. The summed E-state index contributed by atoms with van der Waals surface area (Å²) in [5.41, 5.74) is 4.24. The Balaban J connectivity index is 2.00. The van der Waals surface area contributed by atoms with Gasteiger partial charge in [-0.1, -0.05) is 17.7 Å². The third kappa shape index (κ3) is 5.95. The van der Waals surface area contributed by atoms with Crippen molar-refractivity contribution in [2.45, 2.75) is 34.1 Å². The summed E-state index contributed by atoms with van der Waals surface area (Å²) in [6.07, 6.45) is 0.181. The first-order valence-electron chi connectivity index (χ1n) is 8.79. The van der Waals surface area contributed by atoms with Crippen molar-refractivity contribution in [2.75, 3.05) is 22.1 Å². The molecule has 6 heteroatoms. The van der Waals surface area contributed by atoms with Crippen LogP contribution in [0.1, 0.15) is 31.4 Å². The number of hydrogen-bond acceptors (Lipinski definition) is 3. The highest BCUT2D eigenvalue weighted by Crippen LogP contribution is 2.20. The van der Waals surface area contributed by atoms with Crippen molar-refractivity contribution in [3.63, 3.8) is 0 Å². The Hall–Kier alpha value is -3.15. The molecule has 0 aliphatic rings. The number of nitrogens with zero attached hydrogens (tertiary/aromatic N) is 1. The lowest BCUT2D eigenvalue weighted by molar-refractivity contribution is -0.117. The van der Waals surface area contributed by atoms with E-state index in [2.05, 4.69) is 10.6 Å². The first kappa shape index (κ1) is 20.2. The van der Waals surface area contributed by atoms with E-state index in [4.69, 9.17) is 0 Å². The lowest BCUT2D eigenvalue weighted by Crippen LogP contribution is -2.32. The van der Waals surface area contributed by atoms with Crippen molar-refractivity contribution in [1.29, 1.82) is 0 Å². The molecular formula is C21H25N3O3. The molecule has 0 spiro atoms. The summed E-state index contributed by atoms with van der Waals surface area (Å²) in [5.74, 6) is -0.459. The molecule has 0 unspecified atom stereocenters. The maximum atomic E-state index is 12.3. The molecule has 27 heavy (non-hydrogen) atoms. The van der Waals surface area contributed by atoms with Crippen molar-refractivity contribution in [3.05, 3.63) is 53.6 Å². The summed E-state index contributed by atoms with van der Waals surface area (Å²) in [6.45, 7) is 7.11. The van der Waals surface area contributed by atoms with Gasteiger partial charge in [0.05, 0.1) is 0 Å². The molecule has 2 rings (SSSR count). The van der Waals surface area contributed by atoms with E-state index < -0.39 is 0 Å². The zero-order valence-electron chi connectivity index (χ0n) is 16.1. The number of nitrogens with one attached hydrogen (secondary N) is 2. The number of carbonyl (C=O) groups excluding carboxylic acids is 3. The second kappa shape index (κ2) is 8.98. The number of anilines is 3. The molecule has 2 N–H and O–H groups in total. The van der Waals surface area contributed by atoms with Crippen molar-refractivity contribution in [1.82, 2.24) is 0 Å². The monoisotopic (exact) mass is 367 g/mol. The molecule has 0 saturated carbocycles. The Kier molecular flexibility index (Phi) is 6.71. The highest BCUT2D eigenvalue weighted by atomic mass is 16.2. The minimum Gasteiger partial charge on any atom is -0.326 e. The summed E-state index contributed by atoms with van der Waals surface area (Å²) in [5, 5.41) is 5.57. The molecule has 0 atom stereocenters. The van der Waals surface area contributed by atoms with Gasteiger partial charge in [0, 0.05) is 43.9 Å². The zero-order valence-corrected chi connectivity index (χ0v) is 16.1. The standard InChI is InChI=1S/C21H25N3O3/c1-14-5-10-20(15(2)13-14)23-21(27)11-12-24(17(4)26)19-8-6-18(7-9-19)22-16(3)25/h5-10,13H,11-12H2,1-4H3,(H,22,25)(H,23,27). The van der Waals surface area contributed by atoms with Crippen LogP contribution in [-0.4, -0.2) is 24.3 Å². The van der Waals surface area contributed by atoms with Crippen LogP contribution in [0.15, 0.2) is 42.5 Å². The van der Waals surface area contributed by atoms with Crippen LogP contribution >= 0.6 is 0 Å². The third-order valence-electron chi connectivity index (χ3n) is 4.10. The van der Waals surface area contributed by atoms with Gasteiger partial charge in [-0.2, -0.15) is 0 Å². The van der Waals surface area contributed by atoms with Gasteiger partial charge in [0.2, 0.25) is 17.7 Å². The molecule has 6 nitrogen and oxygen atoms in total. The van der Waals surface area contributed by atoms with E-state index >= 15 is 0 Å². The van der Waals surface area contributed by atoms with Gasteiger partial charge in [0.15, 0.2) is 0 Å². The molecule has 0 aromatic heterocycles. The van der Waals surface area contributed by atoms with Crippen LogP contribution in [-0.2, 0) is 14.4 Å². The number of amides is 3. The number of benzene rings is 2. The molecular weight excluding hydrogens is 342 g/mol. The van der Waals surface area contributed by atoms with Gasteiger partial charge in [0.25, 0.3) is 0 Å². The van der Waals surface area contributed by atoms with Crippen molar-refractivity contribution in [3.8, 4) is 0 Å². The molecule has 3 amide bonds. The molecule has 0 aliphatic carbocycles. The Labute approximate surface area is 159 Å². The topological polar surface area (TPSA) is 78.5 Å². The Morgan fingerprint density at radius 2 is 1.59 bits per heavy atom. The fourth-order valence-electron chi connectivity index (χ4n) is 2.78. The molecule has 2 aromatic carbocycles. The van der Waals surface area contributed by atoms with Crippen LogP contribution in [0.25, 0.3) is 0 Å². The van der Waals surface area contributed by atoms with E-state index in [1.807, 2.05) is 32.0 Å². The number of aryl methyl sites for hydroxylation is 2. The Morgan fingerprint density at radius 3 is 2.15 bits per heavy atom. The predicted molar refractivity (Wildman–Crippen MR) is 108 cm³/mol. The molecule has 0 aliphatic heterocycles. The molecule has 0 saturated heterocycles. The highest BCUT2D eigenvalue weighted by Gasteiger charge is 2.14. The SMILES string of the molecule is CC(=O)Nc1ccc(N(CCC(=O)Nc2ccc(C)cc2C)C(C)=O)cc1. The molecule has 142 valence electrons. The molecule has 0 radical (unpaired) electrons. The van der Waals surface area contributed by atoms with Gasteiger partial charge in [-0.05, 0) is 49.7 Å². The van der Waals surface area contributed by atoms with E-state index in [0.29, 0.717) is 11.4 Å². The van der Waals surface area contributed by atoms with Gasteiger partial charge < -0.3 is 15.5 Å². The van der Waals surface area contributed by atoms with E-state index in [0.717, 1.165) is 16.8 Å². The van der Waals surface area contributed by atoms with E-state index in [1.54, 1.807) is 29.2 Å². The van der Waals surface area contributed by atoms with Crippen LogP contribution in [0.2, 0.25) is 0 Å². The summed E-state index contributed by atoms with van der Waals surface area (Å²) >= 11 is 0. The number of hydrogen-bond donors (Lipinski definition) is 2. The first-order valence-corrected chi connectivity index (χ1v) is 8.79. The number of carbonyl (C=O) groups is 3. The Morgan fingerprint density at radius 1 is 0.926 bits per heavy atom. The van der Waals surface area contributed by atoms with Crippen LogP contribution < -0.4 is 15.5 Å². The smallest absolute Gasteiger partial charge is 0.226 e. The van der Waals surface area contributed by atoms with Crippen molar-refractivity contribution < 1.29 is 14.4 Å². The minimum absolute atomic E-state index is 0.150. The van der Waals surface area contributed by atoms with E-state index in [-0.39, 0.29) is 30.7 Å². The fourth-order valence-corrected chi connectivity index (χ4v) is 2.78. The van der Waals surface area contributed by atoms with E-state index in [1.165, 1.54) is 13.8 Å². The van der Waals surface area contributed by atoms with Crippen LogP contribution in [0.4, 0.5) is 17.1 Å². The summed E-state index contributed by atoms with van der Waals surface area (Å²) in [6, 6.07) is 12.8. The van der Waals surface area contributed by atoms with Gasteiger partial charge in [-0.25, -0.2) is 0 Å². The lowest BCUT2D eigenvalue weighted by atomic mass is 10.1. The Bertz CT molecular complexity index is 844. The van der Waals surface area contributed by atoms with Gasteiger partial charge in [-0.3, -0.25) is 14.4 Å². The average molecular weight is 367 g/mol. The van der Waals surface area contributed by atoms with Gasteiger partial charge in [0.1, 0.15) is 0 Å². The van der Waals surface area contributed by atoms with Crippen molar-refractivity contribution in [2.24, 2.45) is 0 Å². The second-order valence-electron chi connectivity index (χ2n) is 6.52. The summed E-state index contributed by atoms with van der Waals surface area (Å²) in [4.78, 5) is 36.9. The normalized spacial score (nSPS) is 10.2. The molecule has 0 heterocycles. The average Bonchev–Trinajstić information content (AvgIpc) is 2.58. The minimum atomic E-state index is -0.158. The first-order chi connectivity index (χ1) is 12.8. The molecule has 2 aromatic rings. The maximum absolute atomic E-state index is 12.3. The zero-order chi connectivity index (χ0) is 20.0. The predicted octanol–water partition coefficient (Wildman–Crippen LogP) is 3.64. The lowest BCUT2D eigenvalue weighted by Gasteiger charge is -2.21. The fraction of sp³-hybridized carbons (Fsp3) is 0.286. The summed E-state index contributed by atoms with van der Waals surface area (Å²) < 4.78 is 0. The second-order valence-corrected chi connectivity index (χ2v) is 6.52. The highest BCUT2D eigenvalue weighted by molar-refractivity contribution is 5.95. The number of rotatable bonds is 6.